The van der Waals surface area contributed by atoms with E-state index in [9.17, 15) is 9.59 Å². The van der Waals surface area contributed by atoms with E-state index in [1.807, 2.05) is 86.6 Å². The number of halogens is 1. The smallest absolute Gasteiger partial charge is 0.266 e. The Labute approximate surface area is 204 Å². The quantitative estimate of drug-likeness (QED) is 0.319. The van der Waals surface area contributed by atoms with Gasteiger partial charge >= 0.3 is 0 Å². The summed E-state index contributed by atoms with van der Waals surface area (Å²) in [6.45, 7) is 4.47. The van der Waals surface area contributed by atoms with E-state index in [4.69, 9.17) is 16.6 Å². The average Bonchev–Trinajstić information content (AvgIpc) is 2.86. The maximum Gasteiger partial charge on any atom is 0.266 e. The second-order valence-electron chi connectivity index (χ2n) is 8.35. The molecular formula is C28H28ClN3O2. The molecule has 1 unspecified atom stereocenters. The van der Waals surface area contributed by atoms with Crippen LogP contribution in [-0.4, -0.2) is 32.8 Å². The number of aromatic nitrogens is 2. The van der Waals surface area contributed by atoms with Crippen molar-refractivity contribution < 1.29 is 4.79 Å². The molecule has 0 aliphatic heterocycles. The maximum atomic E-state index is 13.7. The highest BCUT2D eigenvalue weighted by Crippen LogP contribution is 2.27. The Morgan fingerprint density at radius 1 is 1.03 bits per heavy atom. The van der Waals surface area contributed by atoms with Gasteiger partial charge < -0.3 is 4.90 Å². The molecule has 0 N–H and O–H groups in total. The highest BCUT2D eigenvalue weighted by molar-refractivity contribution is 6.27. The van der Waals surface area contributed by atoms with Crippen LogP contribution in [0, 0.1) is 6.92 Å². The highest BCUT2D eigenvalue weighted by atomic mass is 35.5. The highest BCUT2D eigenvalue weighted by Gasteiger charge is 2.28. The lowest BCUT2D eigenvalue weighted by Gasteiger charge is -2.32. The number of fused-ring (bicyclic) bond motifs is 1. The first-order valence-electron chi connectivity index (χ1n) is 11.5. The standard InChI is InChI=1S/C28H28ClN3O2/c1-3-25(31(26(33)19-29)17-16-21-11-5-4-6-12-21)27-30-24-15-8-7-14-23(24)28(34)32(27)22-13-9-10-20(2)18-22/h4-15,18,25H,3,16-17,19H2,1-2H3. The van der Waals surface area contributed by atoms with Crippen LogP contribution in [0.3, 0.4) is 0 Å². The van der Waals surface area contributed by atoms with E-state index in [1.54, 1.807) is 15.5 Å². The van der Waals surface area contributed by atoms with Gasteiger partial charge in [0.15, 0.2) is 0 Å². The normalized spacial score (nSPS) is 12.0. The minimum atomic E-state index is -0.409. The molecule has 4 rings (SSSR count). The van der Waals surface area contributed by atoms with Crippen LogP contribution in [0.25, 0.3) is 16.6 Å². The molecule has 0 fully saturated rings. The Balaban J connectivity index is 1.88. The number of aryl methyl sites for hydroxylation is 1. The van der Waals surface area contributed by atoms with E-state index in [1.165, 1.54) is 0 Å². The molecule has 0 saturated carbocycles. The van der Waals surface area contributed by atoms with Crippen molar-refractivity contribution in [3.05, 3.63) is 106 Å². The summed E-state index contributed by atoms with van der Waals surface area (Å²) >= 11 is 6.04. The molecule has 0 aliphatic carbocycles. The van der Waals surface area contributed by atoms with Crippen LogP contribution in [0.4, 0.5) is 0 Å². The second kappa shape index (κ2) is 10.7. The van der Waals surface area contributed by atoms with Gasteiger partial charge in [-0.2, -0.15) is 0 Å². The lowest BCUT2D eigenvalue weighted by Crippen LogP contribution is -2.40. The Bertz CT molecular complexity index is 1350. The second-order valence-corrected chi connectivity index (χ2v) is 8.61. The van der Waals surface area contributed by atoms with Crippen molar-refractivity contribution in [3.63, 3.8) is 0 Å². The van der Waals surface area contributed by atoms with Crippen molar-refractivity contribution in [2.24, 2.45) is 0 Å². The number of hydrogen-bond acceptors (Lipinski definition) is 3. The number of amides is 1. The third-order valence-corrected chi connectivity index (χ3v) is 6.27. The molecule has 0 aliphatic rings. The van der Waals surface area contributed by atoms with Gasteiger partial charge in [-0.1, -0.05) is 61.5 Å². The molecule has 1 amide bonds. The molecule has 174 valence electrons. The van der Waals surface area contributed by atoms with Crippen molar-refractivity contribution in [2.75, 3.05) is 12.4 Å². The lowest BCUT2D eigenvalue weighted by atomic mass is 10.1. The predicted octanol–water partition coefficient (Wildman–Crippen LogP) is 5.46. The predicted molar refractivity (Wildman–Crippen MR) is 138 cm³/mol. The summed E-state index contributed by atoms with van der Waals surface area (Å²) < 4.78 is 1.65. The molecule has 0 saturated heterocycles. The first-order valence-corrected chi connectivity index (χ1v) is 12.0. The van der Waals surface area contributed by atoms with Gasteiger partial charge in [-0.3, -0.25) is 14.2 Å². The van der Waals surface area contributed by atoms with Gasteiger partial charge in [0, 0.05) is 6.54 Å². The number of carbonyl (C=O) groups excluding carboxylic acids is 1. The zero-order valence-electron chi connectivity index (χ0n) is 19.4. The zero-order chi connectivity index (χ0) is 24.1. The maximum absolute atomic E-state index is 13.7. The summed E-state index contributed by atoms with van der Waals surface area (Å²) in [6.07, 6.45) is 1.27. The number of hydrogen-bond donors (Lipinski definition) is 0. The lowest BCUT2D eigenvalue weighted by molar-refractivity contribution is -0.131. The van der Waals surface area contributed by atoms with Crippen molar-refractivity contribution in [1.29, 1.82) is 0 Å². The van der Waals surface area contributed by atoms with Crippen molar-refractivity contribution >= 4 is 28.4 Å². The minimum Gasteiger partial charge on any atom is -0.331 e. The van der Waals surface area contributed by atoms with Crippen LogP contribution in [0.1, 0.15) is 36.3 Å². The van der Waals surface area contributed by atoms with Crippen molar-refractivity contribution in [3.8, 4) is 5.69 Å². The average molecular weight is 474 g/mol. The largest absolute Gasteiger partial charge is 0.331 e. The molecule has 0 bridgehead atoms. The van der Waals surface area contributed by atoms with Crippen LogP contribution >= 0.6 is 11.6 Å². The molecule has 1 heterocycles. The van der Waals surface area contributed by atoms with Crippen LogP contribution in [0.5, 0.6) is 0 Å². The fourth-order valence-electron chi connectivity index (χ4n) is 4.36. The molecule has 0 spiro atoms. The Morgan fingerprint density at radius 2 is 1.76 bits per heavy atom. The van der Waals surface area contributed by atoms with Gasteiger partial charge in [-0.15, -0.1) is 11.6 Å². The Kier molecular flexibility index (Phi) is 7.43. The van der Waals surface area contributed by atoms with Gasteiger partial charge in [0.25, 0.3) is 5.56 Å². The van der Waals surface area contributed by atoms with Crippen LogP contribution < -0.4 is 5.56 Å². The fraction of sp³-hybridized carbons (Fsp3) is 0.250. The minimum absolute atomic E-state index is 0.131. The molecule has 34 heavy (non-hydrogen) atoms. The van der Waals surface area contributed by atoms with Crippen LogP contribution in [0.2, 0.25) is 0 Å². The first-order chi connectivity index (χ1) is 16.5. The topological polar surface area (TPSA) is 55.2 Å². The molecule has 0 radical (unpaired) electrons. The van der Waals surface area contributed by atoms with E-state index < -0.39 is 6.04 Å². The van der Waals surface area contributed by atoms with Crippen LogP contribution in [0.15, 0.2) is 83.7 Å². The monoisotopic (exact) mass is 473 g/mol. The van der Waals surface area contributed by atoms with E-state index in [0.717, 1.165) is 16.8 Å². The molecule has 5 nitrogen and oxygen atoms in total. The summed E-state index contributed by atoms with van der Waals surface area (Å²) in [5.74, 6) is 0.235. The SMILES string of the molecule is CCC(c1nc2ccccc2c(=O)n1-c1cccc(C)c1)N(CCc1ccccc1)C(=O)CCl. The fourth-order valence-corrected chi connectivity index (χ4v) is 4.51. The van der Waals surface area contributed by atoms with Crippen LogP contribution in [-0.2, 0) is 11.2 Å². The van der Waals surface area contributed by atoms with Gasteiger partial charge in [0.2, 0.25) is 5.91 Å². The first kappa shape index (κ1) is 23.7. The number of alkyl halides is 1. The summed E-state index contributed by atoms with van der Waals surface area (Å²) in [4.78, 5) is 33.5. The Hall–Kier alpha value is -3.44. The van der Waals surface area contributed by atoms with E-state index >= 15 is 0 Å². The number of nitrogens with zero attached hydrogens (tertiary/aromatic N) is 3. The number of carbonyl (C=O) groups is 1. The molecule has 4 aromatic rings. The van der Waals surface area contributed by atoms with Crippen molar-refractivity contribution in [2.45, 2.75) is 32.7 Å². The summed E-state index contributed by atoms with van der Waals surface area (Å²) in [5.41, 5.74) is 3.37. The van der Waals surface area contributed by atoms with E-state index in [-0.39, 0.29) is 17.3 Å². The number of para-hydroxylation sites is 1. The van der Waals surface area contributed by atoms with Gasteiger partial charge in [-0.25, -0.2) is 4.98 Å². The summed E-state index contributed by atoms with van der Waals surface area (Å²) in [6, 6.07) is 24.7. The molecule has 6 heteroatoms. The third kappa shape index (κ3) is 4.90. The van der Waals surface area contributed by atoms with E-state index in [0.29, 0.717) is 36.1 Å². The third-order valence-electron chi connectivity index (χ3n) is 6.04. The molecule has 1 atom stereocenters. The van der Waals surface area contributed by atoms with Crippen molar-refractivity contribution in [1.82, 2.24) is 14.5 Å². The number of benzene rings is 3. The molecule has 3 aromatic carbocycles. The van der Waals surface area contributed by atoms with Gasteiger partial charge in [0.1, 0.15) is 11.7 Å². The Morgan fingerprint density at radius 3 is 2.47 bits per heavy atom. The van der Waals surface area contributed by atoms with Gasteiger partial charge in [0.05, 0.1) is 22.6 Å². The summed E-state index contributed by atoms with van der Waals surface area (Å²) in [7, 11) is 0. The molecular weight excluding hydrogens is 446 g/mol. The van der Waals surface area contributed by atoms with E-state index in [2.05, 4.69) is 0 Å². The summed E-state index contributed by atoms with van der Waals surface area (Å²) in [5, 5.41) is 0.544. The zero-order valence-corrected chi connectivity index (χ0v) is 20.2. The molecule has 1 aromatic heterocycles. The number of rotatable bonds is 8. The van der Waals surface area contributed by atoms with Gasteiger partial charge in [-0.05, 0) is 55.2 Å².